The van der Waals surface area contributed by atoms with Crippen molar-refractivity contribution in [2.45, 2.75) is 45.6 Å². The Balaban J connectivity index is 1.34. The largest absolute Gasteiger partial charge is 0.368 e. The summed E-state index contributed by atoms with van der Waals surface area (Å²) in [6.07, 6.45) is 3.86. The van der Waals surface area contributed by atoms with Gasteiger partial charge < -0.3 is 10.6 Å². The summed E-state index contributed by atoms with van der Waals surface area (Å²) in [5, 5.41) is 0. The molecule has 0 unspecified atom stereocenters. The number of benzene rings is 1. The molecule has 2 heterocycles. The summed E-state index contributed by atoms with van der Waals surface area (Å²) in [5.41, 5.74) is 11.2. The predicted octanol–water partition coefficient (Wildman–Crippen LogP) is 1.92. The van der Waals surface area contributed by atoms with E-state index < -0.39 is 0 Å². The normalized spacial score (nSPS) is 20.1. The SMILES string of the molecule is Cc1nc(N)nc(C)c1CC(=O)N1CCN([C@H]2CCc3ccccc3C2)CC1. The molecule has 1 aromatic heterocycles. The molecule has 6 nitrogen and oxygen atoms in total. The molecule has 0 saturated carbocycles. The summed E-state index contributed by atoms with van der Waals surface area (Å²) >= 11 is 0. The number of nitrogen functional groups attached to an aromatic ring is 1. The van der Waals surface area contributed by atoms with E-state index >= 15 is 0 Å². The van der Waals surface area contributed by atoms with Gasteiger partial charge in [0.2, 0.25) is 11.9 Å². The number of aryl methyl sites for hydroxylation is 3. The number of nitrogens with two attached hydrogens (primary N) is 1. The van der Waals surface area contributed by atoms with Crippen molar-refractivity contribution in [3.05, 3.63) is 52.3 Å². The molecule has 2 N–H and O–H groups in total. The molecule has 0 radical (unpaired) electrons. The molecule has 0 bridgehead atoms. The summed E-state index contributed by atoms with van der Waals surface area (Å²) in [5.74, 6) is 0.432. The summed E-state index contributed by atoms with van der Waals surface area (Å²) in [6, 6.07) is 9.40. The van der Waals surface area contributed by atoms with Crippen molar-refractivity contribution in [2.75, 3.05) is 31.9 Å². The minimum Gasteiger partial charge on any atom is -0.368 e. The van der Waals surface area contributed by atoms with Crippen LogP contribution in [0, 0.1) is 13.8 Å². The molecule has 1 aliphatic heterocycles. The highest BCUT2D eigenvalue weighted by Gasteiger charge is 2.29. The van der Waals surface area contributed by atoms with Gasteiger partial charge in [-0.05, 0) is 44.2 Å². The summed E-state index contributed by atoms with van der Waals surface area (Å²) < 4.78 is 0. The second kappa shape index (κ2) is 7.87. The first-order valence-electron chi connectivity index (χ1n) is 10.2. The zero-order valence-corrected chi connectivity index (χ0v) is 16.8. The summed E-state index contributed by atoms with van der Waals surface area (Å²) in [6.45, 7) is 7.29. The highest BCUT2D eigenvalue weighted by Crippen LogP contribution is 2.25. The van der Waals surface area contributed by atoms with Gasteiger partial charge in [-0.25, -0.2) is 9.97 Å². The zero-order chi connectivity index (χ0) is 19.7. The Kier molecular flexibility index (Phi) is 5.31. The molecule has 28 heavy (non-hydrogen) atoms. The van der Waals surface area contributed by atoms with Crippen LogP contribution in [0.3, 0.4) is 0 Å². The fraction of sp³-hybridized carbons (Fsp3) is 0.500. The standard InChI is InChI=1S/C22H29N5O/c1-15-20(16(2)25-22(23)24-15)14-21(28)27-11-9-26(10-12-27)19-8-7-17-5-3-4-6-18(17)13-19/h3-6,19H,7-14H2,1-2H3,(H2,23,24,25)/t19-/m0/s1. The molecule has 6 heteroatoms. The molecule has 1 aromatic carbocycles. The van der Waals surface area contributed by atoms with Crippen LogP contribution in [-0.4, -0.2) is 57.9 Å². The number of nitrogens with zero attached hydrogens (tertiary/aromatic N) is 4. The number of anilines is 1. The maximum atomic E-state index is 12.8. The average molecular weight is 380 g/mol. The number of piperazine rings is 1. The lowest BCUT2D eigenvalue weighted by atomic mass is 9.87. The van der Waals surface area contributed by atoms with Gasteiger partial charge in [0.15, 0.2) is 0 Å². The number of hydrogen-bond donors (Lipinski definition) is 1. The molecule has 1 saturated heterocycles. The van der Waals surface area contributed by atoms with Crippen LogP contribution in [0.25, 0.3) is 0 Å². The van der Waals surface area contributed by atoms with E-state index in [2.05, 4.69) is 39.1 Å². The Bertz CT molecular complexity index is 850. The number of carbonyl (C=O) groups is 1. The van der Waals surface area contributed by atoms with Crippen LogP contribution >= 0.6 is 0 Å². The first-order chi connectivity index (χ1) is 13.5. The van der Waals surface area contributed by atoms with Crippen LogP contribution in [0.5, 0.6) is 0 Å². The van der Waals surface area contributed by atoms with Gasteiger partial charge in [-0.3, -0.25) is 9.69 Å². The van der Waals surface area contributed by atoms with Gasteiger partial charge in [0.25, 0.3) is 0 Å². The molecule has 1 atom stereocenters. The van der Waals surface area contributed by atoms with Gasteiger partial charge in [0.1, 0.15) is 0 Å². The van der Waals surface area contributed by atoms with Crippen molar-refractivity contribution in [3.63, 3.8) is 0 Å². The van der Waals surface area contributed by atoms with Crippen molar-refractivity contribution < 1.29 is 4.79 Å². The first-order valence-corrected chi connectivity index (χ1v) is 10.2. The van der Waals surface area contributed by atoms with Crippen molar-refractivity contribution >= 4 is 11.9 Å². The Morgan fingerprint density at radius 3 is 2.39 bits per heavy atom. The van der Waals surface area contributed by atoms with E-state index in [1.54, 1.807) is 0 Å². The van der Waals surface area contributed by atoms with Crippen molar-refractivity contribution in [3.8, 4) is 0 Å². The molecule has 1 aliphatic carbocycles. The number of rotatable bonds is 3. The molecule has 1 fully saturated rings. The van der Waals surface area contributed by atoms with Crippen LogP contribution in [-0.2, 0) is 24.1 Å². The summed E-state index contributed by atoms with van der Waals surface area (Å²) in [4.78, 5) is 25.8. The van der Waals surface area contributed by atoms with E-state index in [9.17, 15) is 4.79 Å². The average Bonchev–Trinajstić information content (AvgIpc) is 2.70. The second-order valence-electron chi connectivity index (χ2n) is 7.99. The fourth-order valence-electron chi connectivity index (χ4n) is 4.61. The number of aromatic nitrogens is 2. The third kappa shape index (κ3) is 3.87. The summed E-state index contributed by atoms with van der Waals surface area (Å²) in [7, 11) is 0. The van der Waals surface area contributed by atoms with Gasteiger partial charge in [0, 0.05) is 49.2 Å². The Morgan fingerprint density at radius 1 is 1.07 bits per heavy atom. The monoisotopic (exact) mass is 379 g/mol. The maximum Gasteiger partial charge on any atom is 0.227 e. The lowest BCUT2D eigenvalue weighted by molar-refractivity contribution is -0.132. The van der Waals surface area contributed by atoms with Crippen LogP contribution in [0.15, 0.2) is 24.3 Å². The Labute approximate surface area is 166 Å². The number of hydrogen-bond acceptors (Lipinski definition) is 5. The van der Waals surface area contributed by atoms with Crippen LogP contribution in [0.1, 0.15) is 34.5 Å². The second-order valence-corrected chi connectivity index (χ2v) is 7.99. The van der Waals surface area contributed by atoms with E-state index in [1.807, 2.05) is 18.7 Å². The van der Waals surface area contributed by atoms with Gasteiger partial charge >= 0.3 is 0 Å². The van der Waals surface area contributed by atoms with E-state index in [-0.39, 0.29) is 11.9 Å². The fourth-order valence-corrected chi connectivity index (χ4v) is 4.61. The van der Waals surface area contributed by atoms with E-state index in [4.69, 9.17) is 5.73 Å². The third-order valence-corrected chi connectivity index (χ3v) is 6.27. The van der Waals surface area contributed by atoms with Crippen LogP contribution in [0.4, 0.5) is 5.95 Å². The van der Waals surface area contributed by atoms with E-state index in [0.717, 1.165) is 56.0 Å². The number of fused-ring (bicyclic) bond motifs is 1. The molecule has 4 rings (SSSR count). The van der Waals surface area contributed by atoms with Gasteiger partial charge in [-0.1, -0.05) is 24.3 Å². The molecular weight excluding hydrogens is 350 g/mol. The Hall–Kier alpha value is -2.47. The number of carbonyl (C=O) groups excluding carboxylic acids is 1. The number of amides is 1. The molecule has 148 valence electrons. The molecule has 0 spiro atoms. The topological polar surface area (TPSA) is 75.3 Å². The van der Waals surface area contributed by atoms with Gasteiger partial charge in [-0.15, -0.1) is 0 Å². The highest BCUT2D eigenvalue weighted by molar-refractivity contribution is 5.79. The van der Waals surface area contributed by atoms with Gasteiger partial charge in [0.05, 0.1) is 6.42 Å². The van der Waals surface area contributed by atoms with Crippen LogP contribution < -0.4 is 5.73 Å². The quantitative estimate of drug-likeness (QED) is 0.882. The van der Waals surface area contributed by atoms with E-state index in [1.165, 1.54) is 17.5 Å². The Morgan fingerprint density at radius 2 is 1.71 bits per heavy atom. The minimum absolute atomic E-state index is 0.160. The smallest absolute Gasteiger partial charge is 0.227 e. The lowest BCUT2D eigenvalue weighted by Gasteiger charge is -2.41. The lowest BCUT2D eigenvalue weighted by Crippen LogP contribution is -2.53. The third-order valence-electron chi connectivity index (χ3n) is 6.27. The minimum atomic E-state index is 0.160. The van der Waals surface area contributed by atoms with Crippen molar-refractivity contribution in [2.24, 2.45) is 0 Å². The zero-order valence-electron chi connectivity index (χ0n) is 16.8. The van der Waals surface area contributed by atoms with Crippen LogP contribution in [0.2, 0.25) is 0 Å². The first kappa shape index (κ1) is 18.9. The van der Waals surface area contributed by atoms with Gasteiger partial charge in [-0.2, -0.15) is 0 Å². The molecule has 1 amide bonds. The maximum absolute atomic E-state index is 12.8. The predicted molar refractivity (Wildman–Crippen MR) is 110 cm³/mol. The molecule has 2 aliphatic rings. The van der Waals surface area contributed by atoms with Crippen molar-refractivity contribution in [1.29, 1.82) is 0 Å². The molecule has 2 aromatic rings. The molecular formula is C22H29N5O. The highest BCUT2D eigenvalue weighted by atomic mass is 16.2. The van der Waals surface area contributed by atoms with E-state index in [0.29, 0.717) is 12.5 Å². The van der Waals surface area contributed by atoms with Crippen molar-refractivity contribution in [1.82, 2.24) is 19.8 Å².